The van der Waals surface area contributed by atoms with E-state index in [4.69, 9.17) is 4.74 Å². The summed E-state index contributed by atoms with van der Waals surface area (Å²) < 4.78 is 5.94. The van der Waals surface area contributed by atoms with Crippen LogP contribution >= 0.6 is 11.8 Å². The molecule has 3 fully saturated rings. The molecule has 0 aliphatic heterocycles. The molecule has 0 heterocycles. The highest BCUT2D eigenvalue weighted by Crippen LogP contribution is 2.57. The minimum atomic E-state index is 0.529. The number of hydrogen-bond acceptors (Lipinski definition) is 3. The van der Waals surface area contributed by atoms with Gasteiger partial charge in [0.25, 0.3) is 0 Å². The third kappa shape index (κ3) is 2.03. The summed E-state index contributed by atoms with van der Waals surface area (Å²) in [6, 6.07) is 1.52. The van der Waals surface area contributed by atoms with Gasteiger partial charge in [0, 0.05) is 29.4 Å². The van der Waals surface area contributed by atoms with Crippen LogP contribution in [0.2, 0.25) is 0 Å². The van der Waals surface area contributed by atoms with Crippen LogP contribution in [0.5, 0.6) is 0 Å². The van der Waals surface area contributed by atoms with Gasteiger partial charge in [-0.05, 0) is 45.3 Å². The van der Waals surface area contributed by atoms with Gasteiger partial charge in [-0.3, -0.25) is 0 Å². The zero-order valence-electron chi connectivity index (χ0n) is 11.8. The molecule has 3 rings (SSSR count). The summed E-state index contributed by atoms with van der Waals surface area (Å²) in [5.41, 5.74) is 0.529. The Morgan fingerprint density at radius 1 is 1.28 bits per heavy atom. The summed E-state index contributed by atoms with van der Waals surface area (Å²) in [6.07, 6.45) is 12.5. The van der Waals surface area contributed by atoms with Crippen LogP contribution in [0.15, 0.2) is 0 Å². The van der Waals surface area contributed by atoms with Gasteiger partial charge in [-0.1, -0.05) is 12.8 Å². The maximum Gasteiger partial charge on any atom is 0.0661 e. The largest absolute Gasteiger partial charge is 0.378 e. The molecule has 4 atom stereocenters. The van der Waals surface area contributed by atoms with Gasteiger partial charge in [-0.15, -0.1) is 0 Å². The first-order valence-corrected chi connectivity index (χ1v) is 8.99. The Kier molecular flexibility index (Phi) is 3.93. The summed E-state index contributed by atoms with van der Waals surface area (Å²) in [5, 5.41) is 4.85. The van der Waals surface area contributed by atoms with Gasteiger partial charge in [-0.25, -0.2) is 0 Å². The predicted molar refractivity (Wildman–Crippen MR) is 78.2 cm³/mol. The molecule has 3 aliphatic carbocycles. The number of hydrogen-bond donors (Lipinski definition) is 1. The van der Waals surface area contributed by atoms with Crippen LogP contribution in [0.25, 0.3) is 0 Å². The Balaban J connectivity index is 1.57. The number of thioether (sulfide) groups is 1. The standard InChI is InChI=1S/C15H27NOS/c1-3-17-14-10-13(15(14)8-5-9-15)16-11-6-4-7-12(11)18-2/h11-14,16H,3-10H2,1-2H3. The zero-order chi connectivity index (χ0) is 12.6. The van der Waals surface area contributed by atoms with Crippen LogP contribution in [0.4, 0.5) is 0 Å². The highest BCUT2D eigenvalue weighted by atomic mass is 32.2. The molecule has 1 spiro atoms. The Morgan fingerprint density at radius 3 is 2.72 bits per heavy atom. The molecule has 0 radical (unpaired) electrons. The Labute approximate surface area is 116 Å². The maximum absolute atomic E-state index is 5.94. The van der Waals surface area contributed by atoms with Crippen LogP contribution in [0.3, 0.4) is 0 Å². The topological polar surface area (TPSA) is 21.3 Å². The van der Waals surface area contributed by atoms with E-state index in [0.717, 1.165) is 23.9 Å². The summed E-state index contributed by atoms with van der Waals surface area (Å²) >= 11 is 2.06. The fourth-order valence-electron chi connectivity index (χ4n) is 4.33. The lowest BCUT2D eigenvalue weighted by Crippen LogP contribution is -2.68. The highest BCUT2D eigenvalue weighted by Gasteiger charge is 2.59. The molecule has 0 bridgehead atoms. The maximum atomic E-state index is 5.94. The first-order chi connectivity index (χ1) is 8.80. The molecule has 18 heavy (non-hydrogen) atoms. The van der Waals surface area contributed by atoms with Crippen molar-refractivity contribution in [3.05, 3.63) is 0 Å². The van der Waals surface area contributed by atoms with E-state index in [1.807, 2.05) is 0 Å². The molecule has 0 aromatic heterocycles. The lowest BCUT2D eigenvalue weighted by atomic mass is 9.51. The molecule has 0 aromatic rings. The molecule has 3 saturated carbocycles. The van der Waals surface area contributed by atoms with Crippen LogP contribution < -0.4 is 5.32 Å². The van der Waals surface area contributed by atoms with Crippen molar-refractivity contribution in [2.45, 2.75) is 75.3 Å². The van der Waals surface area contributed by atoms with Crippen LogP contribution in [0, 0.1) is 5.41 Å². The lowest BCUT2D eigenvalue weighted by Gasteiger charge is -2.62. The van der Waals surface area contributed by atoms with E-state index >= 15 is 0 Å². The number of ether oxygens (including phenoxy) is 1. The number of rotatable bonds is 5. The second-order valence-corrected chi connectivity index (χ2v) is 7.37. The van der Waals surface area contributed by atoms with Crippen molar-refractivity contribution in [2.75, 3.05) is 12.9 Å². The van der Waals surface area contributed by atoms with Gasteiger partial charge in [0.1, 0.15) is 0 Å². The highest BCUT2D eigenvalue weighted by molar-refractivity contribution is 7.99. The Bertz CT molecular complexity index is 292. The van der Waals surface area contributed by atoms with Gasteiger partial charge in [-0.2, -0.15) is 11.8 Å². The van der Waals surface area contributed by atoms with Crippen LogP contribution in [0.1, 0.15) is 51.9 Å². The van der Waals surface area contributed by atoms with Crippen molar-refractivity contribution in [2.24, 2.45) is 5.41 Å². The van der Waals surface area contributed by atoms with Gasteiger partial charge in [0.15, 0.2) is 0 Å². The quantitative estimate of drug-likeness (QED) is 0.828. The van der Waals surface area contributed by atoms with Crippen molar-refractivity contribution in [3.63, 3.8) is 0 Å². The second-order valence-electron chi connectivity index (χ2n) is 6.30. The molecule has 2 nitrogen and oxygen atoms in total. The average molecular weight is 269 g/mol. The van der Waals surface area contributed by atoms with Crippen LogP contribution in [-0.4, -0.2) is 36.3 Å². The summed E-state index contributed by atoms with van der Waals surface area (Å²) in [5.74, 6) is 0. The third-order valence-corrected chi connectivity index (χ3v) is 6.78. The molecular weight excluding hydrogens is 242 g/mol. The predicted octanol–water partition coefficient (Wildman–Crippen LogP) is 3.21. The van der Waals surface area contributed by atoms with Crippen molar-refractivity contribution >= 4 is 11.8 Å². The van der Waals surface area contributed by atoms with E-state index in [1.54, 1.807) is 0 Å². The fraction of sp³-hybridized carbons (Fsp3) is 1.00. The van der Waals surface area contributed by atoms with Gasteiger partial charge < -0.3 is 10.1 Å². The smallest absolute Gasteiger partial charge is 0.0661 e. The molecule has 0 saturated heterocycles. The first kappa shape index (κ1) is 13.3. The minimum absolute atomic E-state index is 0.529. The van der Waals surface area contributed by atoms with Crippen molar-refractivity contribution in [1.82, 2.24) is 5.32 Å². The van der Waals surface area contributed by atoms with E-state index in [0.29, 0.717) is 11.5 Å². The summed E-state index contributed by atoms with van der Waals surface area (Å²) in [7, 11) is 0. The first-order valence-electron chi connectivity index (χ1n) is 7.70. The molecular formula is C15H27NOS. The van der Waals surface area contributed by atoms with E-state index in [-0.39, 0.29) is 0 Å². The van der Waals surface area contributed by atoms with E-state index < -0.39 is 0 Å². The Morgan fingerprint density at radius 2 is 2.11 bits per heavy atom. The SMILES string of the molecule is CCOC1CC(NC2CCCC2SC)C12CCC2. The third-order valence-electron chi connectivity index (χ3n) is 5.61. The zero-order valence-corrected chi connectivity index (χ0v) is 12.6. The molecule has 0 aromatic carbocycles. The normalized spacial score (nSPS) is 41.7. The Hall–Kier alpha value is 0.270. The molecule has 3 aliphatic rings. The van der Waals surface area contributed by atoms with Crippen molar-refractivity contribution in [3.8, 4) is 0 Å². The minimum Gasteiger partial charge on any atom is -0.378 e. The summed E-state index contributed by atoms with van der Waals surface area (Å²) in [4.78, 5) is 0. The van der Waals surface area contributed by atoms with Crippen molar-refractivity contribution in [1.29, 1.82) is 0 Å². The molecule has 4 unspecified atom stereocenters. The molecule has 3 heteroatoms. The van der Waals surface area contributed by atoms with Gasteiger partial charge in [0.2, 0.25) is 0 Å². The average Bonchev–Trinajstić information content (AvgIpc) is 2.72. The van der Waals surface area contributed by atoms with Crippen LogP contribution in [-0.2, 0) is 4.74 Å². The van der Waals surface area contributed by atoms with E-state index in [9.17, 15) is 0 Å². The lowest BCUT2D eigenvalue weighted by molar-refractivity contribution is -0.174. The van der Waals surface area contributed by atoms with Gasteiger partial charge in [0.05, 0.1) is 6.10 Å². The van der Waals surface area contributed by atoms with Gasteiger partial charge >= 0.3 is 0 Å². The second kappa shape index (κ2) is 5.34. The summed E-state index contributed by atoms with van der Waals surface area (Å²) in [6.45, 7) is 3.02. The molecule has 1 N–H and O–H groups in total. The fourth-order valence-corrected chi connectivity index (χ4v) is 5.27. The molecule has 104 valence electrons. The monoisotopic (exact) mass is 269 g/mol. The molecule has 0 amide bonds. The van der Waals surface area contributed by atoms with E-state index in [2.05, 4.69) is 30.3 Å². The number of nitrogens with one attached hydrogen (secondary N) is 1. The van der Waals surface area contributed by atoms with E-state index in [1.165, 1.54) is 44.9 Å². The van der Waals surface area contributed by atoms with Crippen molar-refractivity contribution < 1.29 is 4.74 Å².